The zero-order chi connectivity index (χ0) is 16.1. The lowest BCUT2D eigenvalue weighted by Gasteiger charge is -2.37. The highest BCUT2D eigenvalue weighted by Crippen LogP contribution is 2.22. The van der Waals surface area contributed by atoms with Crippen molar-refractivity contribution in [3.8, 4) is 5.75 Å². The van der Waals surface area contributed by atoms with E-state index in [1.165, 1.54) is 12.1 Å². The molecule has 1 N–H and O–H groups in total. The quantitative estimate of drug-likeness (QED) is 0.847. The number of hydrogen-bond acceptors (Lipinski definition) is 4. The topological polar surface area (TPSA) is 37.0 Å². The van der Waals surface area contributed by atoms with Crippen LogP contribution in [-0.4, -0.2) is 62.6 Å². The third kappa shape index (κ3) is 4.26. The first kappa shape index (κ1) is 16.3. The van der Waals surface area contributed by atoms with Crippen molar-refractivity contribution in [3.05, 3.63) is 24.3 Å². The number of methoxy groups -OCH3 is 1. The molecular formula is C17H25N3O2S. The summed E-state index contributed by atoms with van der Waals surface area (Å²) in [6, 6.07) is 8.23. The predicted octanol–water partition coefficient (Wildman–Crippen LogP) is 1.87. The Morgan fingerprint density at radius 2 is 2.17 bits per heavy atom. The Morgan fingerprint density at radius 1 is 1.35 bits per heavy atom. The van der Waals surface area contributed by atoms with Crippen molar-refractivity contribution in [1.82, 2.24) is 10.2 Å². The summed E-state index contributed by atoms with van der Waals surface area (Å²) in [5.74, 6) is 0.902. The van der Waals surface area contributed by atoms with Gasteiger partial charge in [0.25, 0.3) is 0 Å². The van der Waals surface area contributed by atoms with Gasteiger partial charge in [-0.25, -0.2) is 0 Å². The van der Waals surface area contributed by atoms with Gasteiger partial charge in [0.05, 0.1) is 13.2 Å². The van der Waals surface area contributed by atoms with Gasteiger partial charge in [-0.1, -0.05) is 6.07 Å². The molecule has 2 aliphatic heterocycles. The minimum atomic E-state index is 0.325. The first-order valence-corrected chi connectivity index (χ1v) is 8.70. The van der Waals surface area contributed by atoms with Crippen LogP contribution in [0.4, 0.5) is 5.69 Å². The van der Waals surface area contributed by atoms with Crippen LogP contribution in [0.2, 0.25) is 0 Å². The van der Waals surface area contributed by atoms with Crippen molar-refractivity contribution in [1.29, 1.82) is 0 Å². The number of hydrogen-bond donors (Lipinski definition) is 1. The first-order valence-electron chi connectivity index (χ1n) is 8.29. The molecule has 3 rings (SSSR count). The second-order valence-corrected chi connectivity index (χ2v) is 6.38. The van der Waals surface area contributed by atoms with E-state index in [4.69, 9.17) is 21.7 Å². The van der Waals surface area contributed by atoms with E-state index in [0.29, 0.717) is 6.10 Å². The normalized spacial score (nSPS) is 21.3. The second kappa shape index (κ2) is 7.84. The second-order valence-electron chi connectivity index (χ2n) is 6.00. The average Bonchev–Trinajstić information content (AvgIpc) is 3.13. The predicted molar refractivity (Wildman–Crippen MR) is 96.4 cm³/mol. The van der Waals surface area contributed by atoms with E-state index < -0.39 is 0 Å². The van der Waals surface area contributed by atoms with Crippen LogP contribution in [0.5, 0.6) is 5.75 Å². The maximum absolute atomic E-state index is 5.63. The molecular weight excluding hydrogens is 310 g/mol. The van der Waals surface area contributed by atoms with Gasteiger partial charge >= 0.3 is 0 Å². The standard InChI is InChI=1S/C17H25N3O2S/c1-21-15-5-2-4-14(12-15)19-7-9-20(10-8-19)17(23)18-13-16-6-3-11-22-16/h2,4-5,12,16H,3,6-11,13H2,1H3,(H,18,23)/t16-/m0/s1. The van der Waals surface area contributed by atoms with E-state index in [-0.39, 0.29) is 0 Å². The van der Waals surface area contributed by atoms with Gasteiger partial charge in [0.2, 0.25) is 0 Å². The highest BCUT2D eigenvalue weighted by molar-refractivity contribution is 7.80. The summed E-state index contributed by atoms with van der Waals surface area (Å²) in [5.41, 5.74) is 1.21. The molecule has 0 radical (unpaired) electrons. The Hall–Kier alpha value is -1.53. The number of benzene rings is 1. The number of piperazine rings is 1. The lowest BCUT2D eigenvalue weighted by molar-refractivity contribution is 0.113. The molecule has 0 aromatic heterocycles. The molecule has 1 aromatic rings. The molecule has 0 unspecified atom stereocenters. The van der Waals surface area contributed by atoms with Gasteiger partial charge in [-0.05, 0) is 37.2 Å². The maximum Gasteiger partial charge on any atom is 0.169 e. The summed E-state index contributed by atoms with van der Waals surface area (Å²) < 4.78 is 10.9. The van der Waals surface area contributed by atoms with E-state index in [9.17, 15) is 0 Å². The molecule has 23 heavy (non-hydrogen) atoms. The largest absolute Gasteiger partial charge is 0.497 e. The fraction of sp³-hybridized carbons (Fsp3) is 0.588. The van der Waals surface area contributed by atoms with Crippen LogP contribution in [0.3, 0.4) is 0 Å². The summed E-state index contributed by atoms with van der Waals surface area (Å²) in [7, 11) is 1.70. The molecule has 0 aliphatic carbocycles. The molecule has 0 spiro atoms. The Kier molecular flexibility index (Phi) is 5.56. The van der Waals surface area contributed by atoms with Crippen molar-refractivity contribution < 1.29 is 9.47 Å². The molecule has 2 heterocycles. The number of nitrogens with zero attached hydrogens (tertiary/aromatic N) is 2. The number of nitrogens with one attached hydrogen (secondary N) is 1. The SMILES string of the molecule is COc1cccc(N2CCN(C(=S)NC[C@@H]3CCCO3)CC2)c1. The summed E-state index contributed by atoms with van der Waals surface area (Å²) >= 11 is 5.52. The van der Waals surface area contributed by atoms with Gasteiger partial charge in [0.1, 0.15) is 5.75 Å². The molecule has 0 saturated carbocycles. The lowest BCUT2D eigenvalue weighted by atomic mass is 10.2. The lowest BCUT2D eigenvalue weighted by Crippen LogP contribution is -2.52. The summed E-state index contributed by atoms with van der Waals surface area (Å²) in [6.07, 6.45) is 2.63. The smallest absolute Gasteiger partial charge is 0.169 e. The van der Waals surface area contributed by atoms with Gasteiger partial charge < -0.3 is 24.6 Å². The molecule has 0 bridgehead atoms. The van der Waals surface area contributed by atoms with Gasteiger partial charge in [-0.15, -0.1) is 0 Å². The summed E-state index contributed by atoms with van der Waals surface area (Å²) in [4.78, 5) is 4.63. The van der Waals surface area contributed by atoms with Crippen molar-refractivity contribution in [2.45, 2.75) is 18.9 Å². The van der Waals surface area contributed by atoms with Crippen LogP contribution < -0.4 is 15.0 Å². The maximum atomic E-state index is 5.63. The minimum absolute atomic E-state index is 0.325. The highest BCUT2D eigenvalue weighted by atomic mass is 32.1. The Labute approximate surface area is 143 Å². The fourth-order valence-corrected chi connectivity index (χ4v) is 3.36. The van der Waals surface area contributed by atoms with E-state index >= 15 is 0 Å². The van der Waals surface area contributed by atoms with Gasteiger partial charge in [0.15, 0.2) is 5.11 Å². The average molecular weight is 335 g/mol. The zero-order valence-electron chi connectivity index (χ0n) is 13.7. The van der Waals surface area contributed by atoms with Crippen molar-refractivity contribution >= 4 is 23.0 Å². The Bertz CT molecular complexity index is 526. The van der Waals surface area contributed by atoms with E-state index in [1.54, 1.807) is 7.11 Å². The fourth-order valence-electron chi connectivity index (χ4n) is 3.09. The molecule has 5 nitrogen and oxygen atoms in total. The van der Waals surface area contributed by atoms with Crippen molar-refractivity contribution in [3.63, 3.8) is 0 Å². The molecule has 2 aliphatic rings. The molecule has 1 atom stereocenters. The number of thiocarbonyl (C=S) groups is 1. The Morgan fingerprint density at radius 3 is 2.87 bits per heavy atom. The minimum Gasteiger partial charge on any atom is -0.497 e. The van der Waals surface area contributed by atoms with Crippen LogP contribution in [-0.2, 0) is 4.74 Å². The zero-order valence-corrected chi connectivity index (χ0v) is 14.5. The number of rotatable bonds is 4. The van der Waals surface area contributed by atoms with E-state index in [0.717, 1.165) is 56.6 Å². The van der Waals surface area contributed by atoms with Crippen LogP contribution in [0, 0.1) is 0 Å². The Balaban J connectivity index is 1.46. The van der Waals surface area contributed by atoms with Gasteiger partial charge in [0, 0.05) is 51.1 Å². The summed E-state index contributed by atoms with van der Waals surface area (Å²) in [5, 5.41) is 4.21. The molecule has 126 valence electrons. The molecule has 6 heteroatoms. The molecule has 0 amide bonds. The molecule has 1 aromatic carbocycles. The summed E-state index contributed by atoms with van der Waals surface area (Å²) in [6.45, 7) is 5.53. The monoisotopic (exact) mass is 335 g/mol. The van der Waals surface area contributed by atoms with Crippen LogP contribution in [0.15, 0.2) is 24.3 Å². The van der Waals surface area contributed by atoms with Gasteiger partial charge in [-0.2, -0.15) is 0 Å². The van der Waals surface area contributed by atoms with Crippen LogP contribution in [0.1, 0.15) is 12.8 Å². The van der Waals surface area contributed by atoms with E-state index in [2.05, 4.69) is 27.2 Å². The van der Waals surface area contributed by atoms with Crippen LogP contribution in [0.25, 0.3) is 0 Å². The van der Waals surface area contributed by atoms with Gasteiger partial charge in [-0.3, -0.25) is 0 Å². The highest BCUT2D eigenvalue weighted by Gasteiger charge is 2.21. The molecule has 2 saturated heterocycles. The molecule has 2 fully saturated rings. The first-order chi connectivity index (χ1) is 11.3. The third-order valence-corrected chi connectivity index (χ3v) is 4.89. The third-order valence-electron chi connectivity index (χ3n) is 4.49. The number of anilines is 1. The number of ether oxygens (including phenoxy) is 2. The van der Waals surface area contributed by atoms with Crippen LogP contribution >= 0.6 is 12.2 Å². The van der Waals surface area contributed by atoms with Crippen molar-refractivity contribution in [2.24, 2.45) is 0 Å². The van der Waals surface area contributed by atoms with Crippen molar-refractivity contribution in [2.75, 3.05) is 51.3 Å². The van der Waals surface area contributed by atoms with E-state index in [1.807, 2.05) is 12.1 Å².